The topological polar surface area (TPSA) is 108 Å². The van der Waals surface area contributed by atoms with Crippen LogP contribution in [-0.4, -0.2) is 35.4 Å². The zero-order chi connectivity index (χ0) is 18.5. The minimum absolute atomic E-state index is 0.0417. The van der Waals surface area contributed by atoms with E-state index in [1.54, 1.807) is 6.08 Å². The summed E-state index contributed by atoms with van der Waals surface area (Å²) in [7, 11) is -3.18. The number of anilines is 1. The van der Waals surface area contributed by atoms with Crippen LogP contribution in [0.25, 0.3) is 22.2 Å². The molecule has 8 heteroatoms. The number of hydrogen-bond donors (Lipinski definition) is 3. The van der Waals surface area contributed by atoms with Crippen molar-refractivity contribution in [3.05, 3.63) is 57.2 Å². The molecule has 0 saturated heterocycles. The van der Waals surface area contributed by atoms with Gasteiger partial charge in [0.25, 0.3) is 5.56 Å². The SMILES string of the molecule is Cc1ccc(-c2cc3[nH]nc(NC4C=CS(=O)(=O)C4)c3c(=O)[nH]2)cc1C. The van der Waals surface area contributed by atoms with Crippen LogP contribution in [0.3, 0.4) is 0 Å². The fraction of sp³-hybridized carbons (Fsp3) is 0.222. The van der Waals surface area contributed by atoms with Crippen LogP contribution in [0.5, 0.6) is 0 Å². The van der Waals surface area contributed by atoms with Crippen molar-refractivity contribution in [3.8, 4) is 11.3 Å². The lowest BCUT2D eigenvalue weighted by Gasteiger charge is -2.09. The summed E-state index contributed by atoms with van der Waals surface area (Å²) in [6.07, 6.45) is 1.56. The standard InChI is InChI=1S/C18H18N4O3S/c1-10-3-4-12(7-11(10)2)14-8-15-16(18(23)20-14)17(22-21-15)19-13-5-6-26(24,25)9-13/h3-8,13H,9H2,1-2H3,(H,20,23)(H2,19,21,22). The maximum Gasteiger partial charge on any atom is 0.261 e. The summed E-state index contributed by atoms with van der Waals surface area (Å²) in [6, 6.07) is 7.44. The number of fused-ring (bicyclic) bond motifs is 1. The highest BCUT2D eigenvalue weighted by Crippen LogP contribution is 2.25. The van der Waals surface area contributed by atoms with Crippen molar-refractivity contribution in [2.75, 3.05) is 11.1 Å². The highest BCUT2D eigenvalue weighted by molar-refractivity contribution is 7.94. The van der Waals surface area contributed by atoms with Crippen LogP contribution in [-0.2, 0) is 9.84 Å². The van der Waals surface area contributed by atoms with Gasteiger partial charge in [-0.3, -0.25) is 9.89 Å². The van der Waals surface area contributed by atoms with Gasteiger partial charge >= 0.3 is 0 Å². The van der Waals surface area contributed by atoms with Crippen molar-refractivity contribution >= 4 is 26.6 Å². The van der Waals surface area contributed by atoms with Crippen molar-refractivity contribution in [3.63, 3.8) is 0 Å². The number of nitrogens with zero attached hydrogens (tertiary/aromatic N) is 1. The first-order valence-electron chi connectivity index (χ1n) is 8.19. The predicted octanol–water partition coefficient (Wildman–Crippen LogP) is 2.26. The van der Waals surface area contributed by atoms with Crippen LogP contribution >= 0.6 is 0 Å². The first-order valence-corrected chi connectivity index (χ1v) is 9.90. The van der Waals surface area contributed by atoms with Gasteiger partial charge in [0.15, 0.2) is 15.7 Å². The van der Waals surface area contributed by atoms with Gasteiger partial charge in [-0.15, -0.1) is 0 Å². The fourth-order valence-corrected chi connectivity index (χ4v) is 4.30. The van der Waals surface area contributed by atoms with E-state index in [9.17, 15) is 13.2 Å². The van der Waals surface area contributed by atoms with E-state index in [2.05, 4.69) is 20.5 Å². The highest BCUT2D eigenvalue weighted by Gasteiger charge is 2.23. The third-order valence-corrected chi connectivity index (χ3v) is 6.02. The largest absolute Gasteiger partial charge is 0.361 e. The molecule has 0 aliphatic carbocycles. The normalized spacial score (nSPS) is 18.5. The molecule has 0 spiro atoms. The zero-order valence-corrected chi connectivity index (χ0v) is 15.1. The molecule has 3 heterocycles. The second-order valence-electron chi connectivity index (χ2n) is 6.58. The molecule has 3 aromatic rings. The molecule has 3 N–H and O–H groups in total. The maximum absolute atomic E-state index is 12.6. The van der Waals surface area contributed by atoms with Crippen molar-refractivity contribution in [1.29, 1.82) is 0 Å². The van der Waals surface area contributed by atoms with Gasteiger partial charge in [-0.25, -0.2) is 8.42 Å². The Kier molecular flexibility index (Phi) is 3.73. The summed E-state index contributed by atoms with van der Waals surface area (Å²) >= 11 is 0. The van der Waals surface area contributed by atoms with E-state index in [-0.39, 0.29) is 11.3 Å². The molecule has 4 rings (SSSR count). The van der Waals surface area contributed by atoms with Gasteiger partial charge in [0.05, 0.1) is 23.0 Å². The molecule has 1 unspecified atom stereocenters. The third-order valence-electron chi connectivity index (χ3n) is 4.63. The number of aromatic nitrogens is 3. The monoisotopic (exact) mass is 370 g/mol. The van der Waals surface area contributed by atoms with Gasteiger partial charge in [-0.2, -0.15) is 5.10 Å². The van der Waals surface area contributed by atoms with E-state index >= 15 is 0 Å². The van der Waals surface area contributed by atoms with E-state index in [1.165, 1.54) is 11.0 Å². The molecule has 1 aromatic carbocycles. The lowest BCUT2D eigenvalue weighted by Crippen LogP contribution is -2.22. The predicted molar refractivity (Wildman–Crippen MR) is 102 cm³/mol. The number of hydrogen-bond acceptors (Lipinski definition) is 5. The quantitative estimate of drug-likeness (QED) is 0.655. The van der Waals surface area contributed by atoms with Crippen LogP contribution in [0.2, 0.25) is 0 Å². The van der Waals surface area contributed by atoms with Gasteiger partial charge in [-0.1, -0.05) is 12.1 Å². The van der Waals surface area contributed by atoms with Crippen LogP contribution in [0.15, 0.2) is 40.5 Å². The lowest BCUT2D eigenvalue weighted by atomic mass is 10.0. The number of nitrogens with one attached hydrogen (secondary N) is 3. The molecule has 0 amide bonds. The highest BCUT2D eigenvalue weighted by atomic mass is 32.2. The van der Waals surface area contributed by atoms with Crippen LogP contribution in [0.4, 0.5) is 5.82 Å². The summed E-state index contributed by atoms with van der Waals surface area (Å²) in [5, 5.41) is 11.6. The first-order chi connectivity index (χ1) is 12.3. The minimum atomic E-state index is -3.18. The van der Waals surface area contributed by atoms with Gasteiger partial charge in [-0.05, 0) is 48.7 Å². The second kappa shape index (κ2) is 5.84. The van der Waals surface area contributed by atoms with Gasteiger partial charge in [0, 0.05) is 5.41 Å². The Morgan fingerprint density at radius 1 is 1.19 bits per heavy atom. The van der Waals surface area contributed by atoms with Gasteiger partial charge < -0.3 is 10.3 Å². The first kappa shape index (κ1) is 16.6. The van der Waals surface area contributed by atoms with Crippen LogP contribution in [0, 0.1) is 13.8 Å². The Balaban J connectivity index is 1.73. The molecule has 0 fully saturated rings. The van der Waals surface area contributed by atoms with Gasteiger partial charge in [0.1, 0.15) is 5.39 Å². The van der Waals surface area contributed by atoms with Crippen molar-refractivity contribution in [2.45, 2.75) is 19.9 Å². The summed E-state index contributed by atoms with van der Waals surface area (Å²) in [4.78, 5) is 15.5. The minimum Gasteiger partial charge on any atom is -0.361 e. The average molecular weight is 370 g/mol. The molecule has 0 saturated carbocycles. The lowest BCUT2D eigenvalue weighted by molar-refractivity contribution is 0.605. The Bertz CT molecular complexity index is 1200. The number of sulfone groups is 1. The smallest absolute Gasteiger partial charge is 0.261 e. The van der Waals surface area contributed by atoms with E-state index < -0.39 is 15.9 Å². The van der Waals surface area contributed by atoms with Crippen LogP contribution < -0.4 is 10.9 Å². The third kappa shape index (κ3) is 2.92. The molecule has 134 valence electrons. The molecule has 1 atom stereocenters. The molecule has 7 nitrogen and oxygen atoms in total. The summed E-state index contributed by atoms with van der Waals surface area (Å²) < 4.78 is 23.1. The number of rotatable bonds is 3. The van der Waals surface area contributed by atoms with Crippen LogP contribution in [0.1, 0.15) is 11.1 Å². The van der Waals surface area contributed by atoms with E-state index in [4.69, 9.17) is 0 Å². The van der Waals surface area contributed by atoms with E-state index in [0.717, 1.165) is 11.1 Å². The number of pyridine rings is 1. The molecule has 0 radical (unpaired) electrons. The summed E-state index contributed by atoms with van der Waals surface area (Å²) in [5.41, 5.74) is 4.26. The fourth-order valence-electron chi connectivity index (χ4n) is 3.07. The Hall–Kier alpha value is -2.87. The number of aryl methyl sites for hydroxylation is 2. The van der Waals surface area contributed by atoms with Crippen molar-refractivity contribution < 1.29 is 8.42 Å². The Labute approximate surface area is 150 Å². The van der Waals surface area contributed by atoms with Crippen molar-refractivity contribution in [2.24, 2.45) is 0 Å². The molecule has 1 aliphatic rings. The molecule has 0 bridgehead atoms. The van der Waals surface area contributed by atoms with Crippen molar-refractivity contribution in [1.82, 2.24) is 15.2 Å². The number of aromatic amines is 2. The zero-order valence-electron chi connectivity index (χ0n) is 14.3. The maximum atomic E-state index is 12.6. The molecular weight excluding hydrogens is 352 g/mol. The molecule has 2 aromatic heterocycles. The average Bonchev–Trinajstić information content (AvgIpc) is 3.13. The summed E-state index contributed by atoms with van der Waals surface area (Å²) in [6.45, 7) is 4.06. The summed E-state index contributed by atoms with van der Waals surface area (Å²) in [5.74, 6) is 0.305. The second-order valence-corrected chi connectivity index (χ2v) is 8.51. The Morgan fingerprint density at radius 3 is 2.69 bits per heavy atom. The molecule has 26 heavy (non-hydrogen) atoms. The molecule has 1 aliphatic heterocycles. The Morgan fingerprint density at radius 2 is 2.00 bits per heavy atom. The number of H-pyrrole nitrogens is 2. The van der Waals surface area contributed by atoms with E-state index in [0.29, 0.717) is 22.4 Å². The number of benzene rings is 1. The molecular formula is C18H18N4O3S. The van der Waals surface area contributed by atoms with E-state index in [1.807, 2.05) is 38.1 Å². The van der Waals surface area contributed by atoms with Gasteiger partial charge in [0.2, 0.25) is 0 Å².